The number of piperidine rings is 2. The number of amides is 3. The van der Waals surface area contributed by atoms with E-state index in [4.69, 9.17) is 30.8 Å². The van der Waals surface area contributed by atoms with Crippen molar-refractivity contribution in [2.24, 2.45) is 11.3 Å². The molecule has 73 heavy (non-hydrogen) atoms. The molecule has 12 rings (SSSR count). The van der Waals surface area contributed by atoms with E-state index in [0.717, 1.165) is 82.9 Å². The van der Waals surface area contributed by atoms with Gasteiger partial charge in [-0.05, 0) is 125 Å². The highest BCUT2D eigenvalue weighted by Crippen LogP contribution is 2.47. The molecule has 2 bridgehead atoms. The minimum atomic E-state index is -0.626. The number of hydrogen-bond donors (Lipinski definition) is 3. The van der Waals surface area contributed by atoms with Crippen molar-refractivity contribution in [3.63, 3.8) is 0 Å². The van der Waals surface area contributed by atoms with Crippen molar-refractivity contribution in [3.05, 3.63) is 77.2 Å². The lowest BCUT2D eigenvalue weighted by molar-refractivity contribution is -0.136. The number of carbonyl (C=O) groups excluding carboxylic acids is 3. The second-order valence-electron chi connectivity index (χ2n) is 21.5. The zero-order chi connectivity index (χ0) is 50.0. The van der Waals surface area contributed by atoms with Crippen molar-refractivity contribution in [1.82, 2.24) is 40.3 Å². The van der Waals surface area contributed by atoms with Crippen LogP contribution >= 0.6 is 0 Å². The number of fused-ring (bicyclic) bond motifs is 5. The molecule has 2 aromatic heterocycles. The summed E-state index contributed by atoms with van der Waals surface area (Å²) in [5, 5.41) is 18.7. The molecule has 0 spiro atoms. The molecule has 6 fully saturated rings. The molecular weight excluding hydrogens is 928 g/mol. The highest BCUT2D eigenvalue weighted by Gasteiger charge is 2.46. The van der Waals surface area contributed by atoms with Crippen LogP contribution in [0, 0.1) is 29.5 Å². The van der Waals surface area contributed by atoms with Gasteiger partial charge >= 0.3 is 6.01 Å². The second-order valence-corrected chi connectivity index (χ2v) is 21.5. The molecule has 3 unspecified atom stereocenters. The predicted octanol–water partition coefficient (Wildman–Crippen LogP) is 5.47. The Morgan fingerprint density at radius 2 is 1.78 bits per heavy atom. The zero-order valence-electron chi connectivity index (χ0n) is 41.5. The van der Waals surface area contributed by atoms with Crippen molar-refractivity contribution in [2.75, 3.05) is 88.5 Å². The Kier molecular flexibility index (Phi) is 12.7. The van der Waals surface area contributed by atoms with E-state index in [1.807, 2.05) is 31.2 Å². The number of aromatic hydroxyl groups is 1. The summed E-state index contributed by atoms with van der Waals surface area (Å²) in [7, 11) is 0. The topological polar surface area (TPSA) is 169 Å². The van der Waals surface area contributed by atoms with E-state index in [-0.39, 0.29) is 70.7 Å². The average molecular weight is 991 g/mol. The third kappa shape index (κ3) is 9.32. The van der Waals surface area contributed by atoms with Gasteiger partial charge in [0.25, 0.3) is 5.91 Å². The Hall–Kier alpha value is -6.45. The number of imide groups is 1. The summed E-state index contributed by atoms with van der Waals surface area (Å²) in [6.07, 6.45) is 14.8. The van der Waals surface area contributed by atoms with Gasteiger partial charge in [0, 0.05) is 111 Å². The van der Waals surface area contributed by atoms with Crippen LogP contribution in [0.4, 0.5) is 15.9 Å². The molecular formula is C56H63FN10O6. The van der Waals surface area contributed by atoms with Crippen LogP contribution in [0.3, 0.4) is 0 Å². The van der Waals surface area contributed by atoms with E-state index >= 15 is 4.39 Å². The Bertz CT molecular complexity index is 3040. The van der Waals surface area contributed by atoms with E-state index in [2.05, 4.69) is 42.2 Å². The van der Waals surface area contributed by atoms with E-state index in [0.29, 0.717) is 83.9 Å². The minimum absolute atomic E-state index is 0.0147. The summed E-state index contributed by atoms with van der Waals surface area (Å²) in [5.74, 6) is 2.54. The lowest BCUT2D eigenvalue weighted by Gasteiger charge is -2.38. The number of aromatic nitrogens is 3. The van der Waals surface area contributed by atoms with Crippen molar-refractivity contribution in [2.45, 2.75) is 89.1 Å². The van der Waals surface area contributed by atoms with Crippen LogP contribution in [0.25, 0.3) is 32.9 Å². The largest absolute Gasteiger partial charge is 0.508 e. The van der Waals surface area contributed by atoms with E-state index in [1.54, 1.807) is 23.2 Å². The number of nitrogens with one attached hydrogen (secondary N) is 2. The molecule has 8 heterocycles. The summed E-state index contributed by atoms with van der Waals surface area (Å²) < 4.78 is 29.9. The lowest BCUT2D eigenvalue weighted by Crippen LogP contribution is -2.53. The number of phenolic OH excluding ortho intramolecular Hbond substituents is 1. The number of rotatable bonds is 14. The molecule has 4 atom stereocenters. The molecule has 5 aromatic rings. The molecule has 6 aliphatic heterocycles. The summed E-state index contributed by atoms with van der Waals surface area (Å²) in [6.45, 7) is 12.7. The number of phenols is 1. The number of pyridine rings is 1. The van der Waals surface area contributed by atoms with Crippen molar-refractivity contribution < 1.29 is 33.4 Å². The van der Waals surface area contributed by atoms with Gasteiger partial charge in [-0.25, -0.2) is 4.39 Å². The highest BCUT2D eigenvalue weighted by molar-refractivity contribution is 6.06. The number of benzene rings is 3. The lowest BCUT2D eigenvalue weighted by atomic mass is 9.92. The van der Waals surface area contributed by atoms with Gasteiger partial charge in [0.15, 0.2) is 5.82 Å². The SMILES string of the molecule is C#Cc1cccc2cc(O)cc(-c3ncc4c(N5CC6CC(OCC)C(C5)N6)nc(OCC5(CN6CCC(CCN7CCN(c8ccc9c(c8)CN([C@H]8CCC(=O)NC8=O)C9=O)CC7)CC6)CC5)nc4c3F)c12. The number of ether oxygens (including phenoxy) is 2. The van der Waals surface area contributed by atoms with Crippen LogP contribution < -0.4 is 25.2 Å². The number of nitrogens with zero attached hydrogens (tertiary/aromatic N) is 8. The monoisotopic (exact) mass is 990 g/mol. The normalized spacial score (nSPS) is 24.3. The quantitative estimate of drug-likeness (QED) is 0.0947. The fourth-order valence-corrected chi connectivity index (χ4v) is 12.6. The molecule has 5 saturated heterocycles. The van der Waals surface area contributed by atoms with Crippen LogP contribution in [-0.2, 0) is 20.9 Å². The minimum Gasteiger partial charge on any atom is -0.508 e. The maximum Gasteiger partial charge on any atom is 0.319 e. The van der Waals surface area contributed by atoms with Crippen LogP contribution in [0.2, 0.25) is 0 Å². The Balaban J connectivity index is 0.671. The number of halogens is 1. The second kappa shape index (κ2) is 19.4. The maximum absolute atomic E-state index is 17.3. The summed E-state index contributed by atoms with van der Waals surface area (Å²) >= 11 is 0. The zero-order valence-corrected chi connectivity index (χ0v) is 41.5. The van der Waals surface area contributed by atoms with Crippen LogP contribution in [0.5, 0.6) is 11.8 Å². The molecule has 0 radical (unpaired) electrons. The number of terminal acetylenes is 1. The number of anilines is 2. The average Bonchev–Trinajstić information content (AvgIpc) is 4.01. The number of likely N-dealkylation sites (tertiary alicyclic amines) is 1. The van der Waals surface area contributed by atoms with Gasteiger partial charge in [-0.2, -0.15) is 9.97 Å². The molecule has 16 nitrogen and oxygen atoms in total. The van der Waals surface area contributed by atoms with E-state index < -0.39 is 11.9 Å². The first-order valence-corrected chi connectivity index (χ1v) is 26.3. The van der Waals surface area contributed by atoms with Gasteiger partial charge in [-0.1, -0.05) is 18.1 Å². The third-order valence-electron chi connectivity index (χ3n) is 16.8. The predicted molar refractivity (Wildman–Crippen MR) is 275 cm³/mol. The Morgan fingerprint density at radius 3 is 2.56 bits per heavy atom. The first kappa shape index (κ1) is 47.5. The molecule has 3 aromatic carbocycles. The van der Waals surface area contributed by atoms with Gasteiger partial charge in [-0.3, -0.25) is 29.6 Å². The molecule has 1 aliphatic carbocycles. The van der Waals surface area contributed by atoms with Crippen molar-refractivity contribution in [3.8, 4) is 35.4 Å². The Labute approximate surface area is 424 Å². The van der Waals surface area contributed by atoms with Crippen molar-refractivity contribution >= 4 is 50.9 Å². The standard InChI is InChI=1S/C56H63FN10O6/c1-3-35-6-5-7-36-25-40(68)27-42(48(35)36)50-49(57)51-43(28-58-50)52(66-30-38-26-46(72-4-2)44(31-66)59-38)62-55(61-51)73-33-56(15-16-56)32-64-18-13-34(14-19-64)12-17-63-20-22-65(23-21-63)39-8-9-41-37(24-39)29-67(54(41)71)45-10-11-47(69)60-53(45)70/h1,5-9,24-25,27-28,34,38,44-46,59,68H,4,10-23,26,29-33H2,2H3,(H,60,69,70)/t38?,44?,45-,46?/m0/s1. The van der Waals surface area contributed by atoms with Crippen LogP contribution in [0.15, 0.2) is 54.7 Å². The molecule has 380 valence electrons. The highest BCUT2D eigenvalue weighted by atomic mass is 19.1. The molecule has 17 heteroatoms. The molecule has 1 saturated carbocycles. The van der Waals surface area contributed by atoms with Gasteiger partial charge < -0.3 is 39.5 Å². The summed E-state index contributed by atoms with van der Waals surface area (Å²) in [5.41, 5.74) is 3.80. The van der Waals surface area contributed by atoms with Crippen LogP contribution in [-0.4, -0.2) is 155 Å². The number of carbonyl (C=O) groups is 3. The van der Waals surface area contributed by atoms with Crippen molar-refractivity contribution in [1.29, 1.82) is 0 Å². The fourth-order valence-electron chi connectivity index (χ4n) is 12.6. The van der Waals surface area contributed by atoms with Gasteiger partial charge in [0.05, 0.1) is 24.1 Å². The maximum atomic E-state index is 17.3. The number of piperazine rings is 2. The summed E-state index contributed by atoms with van der Waals surface area (Å²) in [6, 6.07) is 14.5. The Morgan fingerprint density at radius 1 is 0.945 bits per heavy atom. The number of hydrogen-bond acceptors (Lipinski definition) is 14. The third-order valence-corrected chi connectivity index (χ3v) is 16.8. The smallest absolute Gasteiger partial charge is 0.319 e. The summed E-state index contributed by atoms with van der Waals surface area (Å²) in [4.78, 5) is 63.4. The molecule has 7 aliphatic rings. The van der Waals surface area contributed by atoms with E-state index in [1.165, 1.54) is 25.3 Å². The molecule has 3 N–H and O–H groups in total. The van der Waals surface area contributed by atoms with E-state index in [9.17, 15) is 19.5 Å². The van der Waals surface area contributed by atoms with Gasteiger partial charge in [-0.15, -0.1) is 6.42 Å². The van der Waals surface area contributed by atoms with Crippen LogP contribution in [0.1, 0.15) is 79.8 Å². The first-order valence-electron chi connectivity index (χ1n) is 26.3. The van der Waals surface area contributed by atoms with Gasteiger partial charge in [0.2, 0.25) is 11.8 Å². The molecule has 3 amide bonds. The fraction of sp³-hybridized carbons (Fsp3) is 0.500. The first-order chi connectivity index (χ1) is 35.5. The van der Waals surface area contributed by atoms with Gasteiger partial charge in [0.1, 0.15) is 28.8 Å².